The summed E-state index contributed by atoms with van der Waals surface area (Å²) in [4.78, 5) is 20.3. The fraction of sp³-hybridized carbons (Fsp3) is 0.500. The van der Waals surface area contributed by atoms with Crippen LogP contribution in [0.5, 0.6) is 0 Å². The third-order valence-electron chi connectivity index (χ3n) is 3.80. The van der Waals surface area contributed by atoms with Crippen LogP contribution in [0.1, 0.15) is 25.3 Å². The molecule has 1 aromatic heterocycles. The Bertz CT molecular complexity index is 542. The lowest BCUT2D eigenvalue weighted by atomic mass is 10.2. The summed E-state index contributed by atoms with van der Waals surface area (Å²) >= 11 is 5.20. The minimum atomic E-state index is -0.220. The van der Waals surface area contributed by atoms with E-state index in [0.29, 0.717) is 11.7 Å². The summed E-state index contributed by atoms with van der Waals surface area (Å²) in [6, 6.07) is 3.78. The van der Waals surface area contributed by atoms with Gasteiger partial charge in [0.1, 0.15) is 11.9 Å². The van der Waals surface area contributed by atoms with E-state index >= 15 is 0 Å². The van der Waals surface area contributed by atoms with Gasteiger partial charge >= 0.3 is 0 Å². The molecule has 1 amide bonds. The van der Waals surface area contributed by atoms with Crippen LogP contribution in [0, 0.1) is 0 Å². The van der Waals surface area contributed by atoms with Crippen molar-refractivity contribution in [2.24, 2.45) is 0 Å². The number of aromatic nitrogens is 1. The average Bonchev–Trinajstić information content (AvgIpc) is 3.05. The molecule has 5 nitrogen and oxygen atoms in total. The first-order valence-electron chi connectivity index (χ1n) is 6.97. The number of hydrogen-bond acceptors (Lipinski definition) is 4. The van der Waals surface area contributed by atoms with E-state index in [0.717, 1.165) is 24.5 Å². The maximum absolute atomic E-state index is 12.0. The van der Waals surface area contributed by atoms with Crippen LogP contribution in [0.4, 0.5) is 5.82 Å². The second-order valence-electron chi connectivity index (χ2n) is 5.31. The fourth-order valence-corrected chi connectivity index (χ4v) is 3.00. The number of amides is 1. The highest BCUT2D eigenvalue weighted by Gasteiger charge is 2.32. The van der Waals surface area contributed by atoms with Crippen molar-refractivity contribution in [3.63, 3.8) is 0 Å². The van der Waals surface area contributed by atoms with Gasteiger partial charge in [0.15, 0.2) is 5.11 Å². The molecule has 0 aliphatic carbocycles. The van der Waals surface area contributed by atoms with Crippen molar-refractivity contribution in [2.75, 3.05) is 18.0 Å². The van der Waals surface area contributed by atoms with E-state index in [-0.39, 0.29) is 11.9 Å². The molecule has 2 fully saturated rings. The van der Waals surface area contributed by atoms with Crippen molar-refractivity contribution in [3.8, 4) is 0 Å². The number of pyridine rings is 1. The summed E-state index contributed by atoms with van der Waals surface area (Å²) < 4.78 is 0. The van der Waals surface area contributed by atoms with Crippen molar-refractivity contribution in [3.05, 3.63) is 23.9 Å². The molecule has 0 unspecified atom stereocenters. The largest absolute Gasteiger partial charge is 0.357 e. The van der Waals surface area contributed by atoms with Crippen LogP contribution < -0.4 is 10.2 Å². The van der Waals surface area contributed by atoms with Crippen LogP contribution in [0.25, 0.3) is 0 Å². The van der Waals surface area contributed by atoms with E-state index in [4.69, 9.17) is 12.2 Å². The zero-order chi connectivity index (χ0) is 14.1. The van der Waals surface area contributed by atoms with E-state index in [1.54, 1.807) is 4.90 Å². The molecule has 3 heterocycles. The van der Waals surface area contributed by atoms with Gasteiger partial charge in [-0.25, -0.2) is 4.98 Å². The first-order valence-corrected chi connectivity index (χ1v) is 7.38. The number of thiocarbonyl (C=S) groups is 1. The van der Waals surface area contributed by atoms with E-state index < -0.39 is 0 Å². The zero-order valence-corrected chi connectivity index (χ0v) is 12.3. The molecule has 20 heavy (non-hydrogen) atoms. The standard InChI is InChI=1S/C14H18N4OS/c1-10-13(19)18(14(20)16-10)9-11-4-5-15-12(8-11)17-6-2-3-7-17/h4-5,8,10H,2-3,6-7,9H2,1H3,(H,16,20)/t10-/m1/s1. The van der Waals surface area contributed by atoms with Gasteiger partial charge in [-0.1, -0.05) is 0 Å². The van der Waals surface area contributed by atoms with Crippen LogP contribution in [0.15, 0.2) is 18.3 Å². The number of rotatable bonds is 3. The number of anilines is 1. The molecular weight excluding hydrogens is 272 g/mol. The third kappa shape index (κ3) is 2.47. The Kier molecular flexibility index (Phi) is 3.56. The van der Waals surface area contributed by atoms with Crippen molar-refractivity contribution in [1.29, 1.82) is 0 Å². The van der Waals surface area contributed by atoms with Gasteiger partial charge < -0.3 is 10.2 Å². The van der Waals surface area contributed by atoms with Gasteiger partial charge in [-0.15, -0.1) is 0 Å². The highest BCUT2D eigenvalue weighted by Crippen LogP contribution is 2.20. The zero-order valence-electron chi connectivity index (χ0n) is 11.5. The third-order valence-corrected chi connectivity index (χ3v) is 4.14. The first-order chi connectivity index (χ1) is 9.65. The van der Waals surface area contributed by atoms with Gasteiger partial charge in [-0.2, -0.15) is 0 Å². The van der Waals surface area contributed by atoms with Crippen LogP contribution >= 0.6 is 12.2 Å². The topological polar surface area (TPSA) is 48.5 Å². The SMILES string of the molecule is C[C@H]1NC(=S)N(Cc2ccnc(N3CCCC3)c2)C1=O. The Hall–Kier alpha value is -1.69. The van der Waals surface area contributed by atoms with Crippen LogP contribution in [0.3, 0.4) is 0 Å². The minimum Gasteiger partial charge on any atom is -0.357 e. The first kappa shape index (κ1) is 13.3. The summed E-state index contributed by atoms with van der Waals surface area (Å²) in [6.45, 7) is 4.47. The van der Waals surface area contributed by atoms with E-state index in [1.165, 1.54) is 12.8 Å². The average molecular weight is 290 g/mol. The number of carbonyl (C=O) groups excluding carboxylic acids is 1. The summed E-state index contributed by atoms with van der Waals surface area (Å²) in [5.74, 6) is 1.04. The molecule has 1 aromatic rings. The molecule has 3 rings (SSSR count). The van der Waals surface area contributed by atoms with Crippen molar-refractivity contribution in [2.45, 2.75) is 32.4 Å². The maximum atomic E-state index is 12.0. The maximum Gasteiger partial charge on any atom is 0.251 e. The molecule has 106 valence electrons. The molecule has 2 aliphatic heterocycles. The molecule has 1 atom stereocenters. The smallest absolute Gasteiger partial charge is 0.251 e. The van der Waals surface area contributed by atoms with E-state index in [2.05, 4.69) is 21.3 Å². The van der Waals surface area contributed by atoms with Crippen LogP contribution in [-0.4, -0.2) is 40.0 Å². The van der Waals surface area contributed by atoms with Gasteiger partial charge in [0, 0.05) is 19.3 Å². The van der Waals surface area contributed by atoms with Gasteiger partial charge in [-0.05, 0) is 49.7 Å². The lowest BCUT2D eigenvalue weighted by Crippen LogP contribution is -2.30. The van der Waals surface area contributed by atoms with Gasteiger partial charge in [0.05, 0.1) is 6.54 Å². The highest BCUT2D eigenvalue weighted by molar-refractivity contribution is 7.80. The summed E-state index contributed by atoms with van der Waals surface area (Å²) in [5.41, 5.74) is 1.06. The van der Waals surface area contributed by atoms with Gasteiger partial charge in [0.2, 0.25) is 0 Å². The molecule has 0 saturated carbocycles. The number of nitrogens with one attached hydrogen (secondary N) is 1. The summed E-state index contributed by atoms with van der Waals surface area (Å²) in [6.07, 6.45) is 4.26. The second-order valence-corrected chi connectivity index (χ2v) is 5.70. The number of hydrogen-bond donors (Lipinski definition) is 1. The molecule has 0 bridgehead atoms. The quantitative estimate of drug-likeness (QED) is 0.850. The normalized spacial score (nSPS) is 22.6. The summed E-state index contributed by atoms with van der Waals surface area (Å²) in [7, 11) is 0. The summed E-state index contributed by atoms with van der Waals surface area (Å²) in [5, 5.41) is 3.50. The molecule has 2 saturated heterocycles. The Morgan fingerprint density at radius 2 is 2.20 bits per heavy atom. The van der Waals surface area contributed by atoms with Gasteiger partial charge in [-0.3, -0.25) is 9.69 Å². The lowest BCUT2D eigenvalue weighted by Gasteiger charge is -2.19. The predicted molar refractivity (Wildman–Crippen MR) is 81.4 cm³/mol. The Balaban J connectivity index is 1.76. The minimum absolute atomic E-state index is 0.0366. The second kappa shape index (κ2) is 5.36. The Morgan fingerprint density at radius 3 is 2.85 bits per heavy atom. The fourth-order valence-electron chi connectivity index (χ4n) is 2.67. The van der Waals surface area contributed by atoms with Crippen LogP contribution in [0.2, 0.25) is 0 Å². The molecule has 2 aliphatic rings. The highest BCUT2D eigenvalue weighted by atomic mass is 32.1. The van der Waals surface area contributed by atoms with Crippen molar-refractivity contribution in [1.82, 2.24) is 15.2 Å². The molecule has 0 aromatic carbocycles. The van der Waals surface area contributed by atoms with E-state index in [9.17, 15) is 4.79 Å². The number of carbonyl (C=O) groups is 1. The van der Waals surface area contributed by atoms with Crippen molar-refractivity contribution < 1.29 is 4.79 Å². The number of nitrogens with zero attached hydrogens (tertiary/aromatic N) is 3. The lowest BCUT2D eigenvalue weighted by molar-refractivity contribution is -0.127. The van der Waals surface area contributed by atoms with Crippen LogP contribution in [-0.2, 0) is 11.3 Å². The monoisotopic (exact) mass is 290 g/mol. The molecule has 6 heteroatoms. The predicted octanol–water partition coefficient (Wildman–Crippen LogP) is 1.29. The van der Waals surface area contributed by atoms with Crippen molar-refractivity contribution >= 4 is 29.1 Å². The molecule has 1 N–H and O–H groups in total. The van der Waals surface area contributed by atoms with Gasteiger partial charge in [0.25, 0.3) is 5.91 Å². The van der Waals surface area contributed by atoms with E-state index in [1.807, 2.05) is 19.2 Å². The Labute approximate surface area is 124 Å². The molecular formula is C14H18N4OS. The molecule has 0 radical (unpaired) electrons. The molecule has 0 spiro atoms. The Morgan fingerprint density at radius 1 is 1.45 bits per heavy atom.